The number of piperazine rings is 1. The SMILES string of the molecule is Cn1ccc(C(=O)N2CCN(c3ccc(-c4ccc5c(n4)n(C)c(=O)n5CC(C)(C)C)cc3)CC2)n1. The monoisotopic (exact) mass is 487 g/mol. The molecule has 1 aliphatic heterocycles. The Morgan fingerprint density at radius 3 is 2.25 bits per heavy atom. The second kappa shape index (κ2) is 8.96. The Bertz CT molecular complexity index is 1460. The maximum Gasteiger partial charge on any atom is 0.330 e. The molecule has 0 saturated carbocycles. The summed E-state index contributed by atoms with van der Waals surface area (Å²) in [4.78, 5) is 34.5. The molecule has 0 unspecified atom stereocenters. The second-order valence-corrected chi connectivity index (χ2v) is 10.7. The van der Waals surface area contributed by atoms with Crippen LogP contribution in [-0.4, -0.2) is 60.9 Å². The number of nitrogens with zero attached hydrogens (tertiary/aromatic N) is 7. The van der Waals surface area contributed by atoms with Gasteiger partial charge in [-0.2, -0.15) is 5.10 Å². The number of amides is 1. The van der Waals surface area contributed by atoms with Gasteiger partial charge >= 0.3 is 5.69 Å². The molecular formula is C27H33N7O2. The van der Waals surface area contributed by atoms with Crippen LogP contribution in [-0.2, 0) is 20.6 Å². The van der Waals surface area contributed by atoms with Crippen molar-refractivity contribution in [2.75, 3.05) is 31.1 Å². The molecule has 36 heavy (non-hydrogen) atoms. The highest BCUT2D eigenvalue weighted by molar-refractivity contribution is 5.92. The van der Waals surface area contributed by atoms with Crippen LogP contribution in [0, 0.1) is 5.41 Å². The Hall–Kier alpha value is -3.88. The number of carbonyl (C=O) groups is 1. The minimum absolute atomic E-state index is 0.0101. The van der Waals surface area contributed by atoms with Gasteiger partial charge < -0.3 is 9.80 Å². The summed E-state index contributed by atoms with van der Waals surface area (Å²) in [6.45, 7) is 9.88. The molecule has 1 fully saturated rings. The molecule has 3 aromatic heterocycles. The van der Waals surface area contributed by atoms with Crippen molar-refractivity contribution in [1.29, 1.82) is 0 Å². The molecule has 188 valence electrons. The van der Waals surface area contributed by atoms with E-state index in [1.165, 1.54) is 0 Å². The third-order valence-corrected chi connectivity index (χ3v) is 6.64. The quantitative estimate of drug-likeness (QED) is 0.442. The van der Waals surface area contributed by atoms with Gasteiger partial charge in [0.05, 0.1) is 11.2 Å². The van der Waals surface area contributed by atoms with E-state index in [1.807, 2.05) is 28.6 Å². The van der Waals surface area contributed by atoms with Gasteiger partial charge in [0.25, 0.3) is 5.91 Å². The second-order valence-electron chi connectivity index (χ2n) is 10.7. The fourth-order valence-corrected chi connectivity index (χ4v) is 4.76. The zero-order chi connectivity index (χ0) is 25.6. The summed E-state index contributed by atoms with van der Waals surface area (Å²) >= 11 is 0. The molecule has 1 saturated heterocycles. The molecule has 0 N–H and O–H groups in total. The molecule has 9 heteroatoms. The van der Waals surface area contributed by atoms with Crippen molar-refractivity contribution in [2.45, 2.75) is 27.3 Å². The first-order valence-corrected chi connectivity index (χ1v) is 12.3. The minimum atomic E-state index is -0.0411. The lowest BCUT2D eigenvalue weighted by molar-refractivity contribution is 0.0740. The number of anilines is 1. The molecule has 0 aliphatic carbocycles. The van der Waals surface area contributed by atoms with Gasteiger partial charge in [0.15, 0.2) is 5.65 Å². The Morgan fingerprint density at radius 1 is 0.944 bits per heavy atom. The Morgan fingerprint density at radius 2 is 1.64 bits per heavy atom. The van der Waals surface area contributed by atoms with Crippen molar-refractivity contribution in [3.63, 3.8) is 0 Å². The molecule has 0 spiro atoms. The van der Waals surface area contributed by atoms with E-state index in [9.17, 15) is 9.59 Å². The molecule has 5 rings (SSSR count). The lowest BCUT2D eigenvalue weighted by Gasteiger charge is -2.35. The number of benzene rings is 1. The van der Waals surface area contributed by atoms with Crippen LogP contribution in [0.2, 0.25) is 0 Å². The van der Waals surface area contributed by atoms with Crippen molar-refractivity contribution in [3.05, 3.63) is 64.8 Å². The van der Waals surface area contributed by atoms with Gasteiger partial charge in [-0.3, -0.25) is 18.6 Å². The van der Waals surface area contributed by atoms with Gasteiger partial charge in [0, 0.05) is 64.3 Å². The van der Waals surface area contributed by atoms with E-state index in [1.54, 1.807) is 28.6 Å². The van der Waals surface area contributed by atoms with E-state index in [0.29, 0.717) is 31.0 Å². The standard InChI is InChI=1S/C27H33N7O2/c1-27(2,3)18-34-23-11-10-21(28-24(23)31(5)26(34)36)19-6-8-20(9-7-19)32-14-16-33(17-15-32)25(35)22-12-13-30(4)29-22/h6-13H,14-18H2,1-5H3. The molecule has 0 radical (unpaired) electrons. The summed E-state index contributed by atoms with van der Waals surface area (Å²) in [5.74, 6) is -0.0159. The average Bonchev–Trinajstić information content (AvgIpc) is 3.40. The van der Waals surface area contributed by atoms with E-state index in [2.05, 4.69) is 55.0 Å². The smallest absolute Gasteiger partial charge is 0.330 e. The highest BCUT2D eigenvalue weighted by Gasteiger charge is 2.24. The van der Waals surface area contributed by atoms with Gasteiger partial charge in [0.2, 0.25) is 0 Å². The maximum atomic E-state index is 12.8. The Balaban J connectivity index is 1.30. The van der Waals surface area contributed by atoms with E-state index in [-0.39, 0.29) is 17.0 Å². The number of imidazole rings is 1. The summed E-state index contributed by atoms with van der Waals surface area (Å²) in [6.07, 6.45) is 1.79. The number of rotatable bonds is 4. The molecule has 4 aromatic rings. The summed E-state index contributed by atoms with van der Waals surface area (Å²) in [5, 5.41) is 4.23. The Kier molecular flexibility index (Phi) is 5.94. The number of fused-ring (bicyclic) bond motifs is 1. The van der Waals surface area contributed by atoms with Crippen LogP contribution in [0.4, 0.5) is 5.69 Å². The number of aryl methyl sites for hydroxylation is 2. The number of pyridine rings is 1. The number of hydrogen-bond donors (Lipinski definition) is 0. The van der Waals surface area contributed by atoms with Crippen LogP contribution in [0.3, 0.4) is 0 Å². The molecule has 4 heterocycles. The predicted octanol–water partition coefficient (Wildman–Crippen LogP) is 3.14. The van der Waals surface area contributed by atoms with Crippen LogP contribution < -0.4 is 10.6 Å². The van der Waals surface area contributed by atoms with Crippen LogP contribution in [0.1, 0.15) is 31.3 Å². The zero-order valence-corrected chi connectivity index (χ0v) is 21.6. The van der Waals surface area contributed by atoms with Crippen molar-refractivity contribution in [2.24, 2.45) is 19.5 Å². The molecule has 1 aliphatic rings. The summed E-state index contributed by atoms with van der Waals surface area (Å²) in [5.41, 5.74) is 4.95. The molecule has 1 amide bonds. The third kappa shape index (κ3) is 4.53. The first kappa shape index (κ1) is 23.8. The zero-order valence-electron chi connectivity index (χ0n) is 21.6. The van der Waals surface area contributed by atoms with E-state index < -0.39 is 0 Å². The normalized spacial score (nSPS) is 14.6. The highest BCUT2D eigenvalue weighted by Crippen LogP contribution is 2.26. The highest BCUT2D eigenvalue weighted by atomic mass is 16.2. The maximum absolute atomic E-state index is 12.8. The van der Waals surface area contributed by atoms with Crippen LogP contribution in [0.25, 0.3) is 22.4 Å². The first-order valence-electron chi connectivity index (χ1n) is 12.3. The first-order chi connectivity index (χ1) is 17.1. The van der Waals surface area contributed by atoms with Gasteiger partial charge in [-0.05, 0) is 35.7 Å². The summed E-state index contributed by atoms with van der Waals surface area (Å²) in [7, 11) is 3.60. The predicted molar refractivity (Wildman–Crippen MR) is 141 cm³/mol. The van der Waals surface area contributed by atoms with Crippen molar-refractivity contribution >= 4 is 22.8 Å². The van der Waals surface area contributed by atoms with Crippen LogP contribution in [0.5, 0.6) is 0 Å². The fourth-order valence-electron chi connectivity index (χ4n) is 4.76. The van der Waals surface area contributed by atoms with Gasteiger partial charge in [-0.25, -0.2) is 9.78 Å². The molecule has 0 atom stereocenters. The van der Waals surface area contributed by atoms with E-state index >= 15 is 0 Å². The van der Waals surface area contributed by atoms with Crippen LogP contribution in [0.15, 0.2) is 53.5 Å². The Labute approximate surface area is 210 Å². The molecule has 0 bridgehead atoms. The largest absolute Gasteiger partial charge is 0.368 e. The number of hydrogen-bond acceptors (Lipinski definition) is 5. The number of carbonyl (C=O) groups excluding carboxylic acids is 1. The average molecular weight is 488 g/mol. The van der Waals surface area contributed by atoms with Crippen molar-refractivity contribution in [3.8, 4) is 11.3 Å². The van der Waals surface area contributed by atoms with Gasteiger partial charge in [-0.1, -0.05) is 32.9 Å². The third-order valence-electron chi connectivity index (χ3n) is 6.64. The molecule has 1 aromatic carbocycles. The molecular weight excluding hydrogens is 454 g/mol. The number of aromatic nitrogens is 5. The van der Waals surface area contributed by atoms with Gasteiger partial charge in [-0.15, -0.1) is 0 Å². The van der Waals surface area contributed by atoms with Crippen molar-refractivity contribution < 1.29 is 4.79 Å². The lowest BCUT2D eigenvalue weighted by Crippen LogP contribution is -2.48. The van der Waals surface area contributed by atoms with Crippen LogP contribution >= 0.6 is 0 Å². The van der Waals surface area contributed by atoms with E-state index in [0.717, 1.165) is 35.6 Å². The summed E-state index contributed by atoms with van der Waals surface area (Å²) < 4.78 is 5.09. The minimum Gasteiger partial charge on any atom is -0.368 e. The van der Waals surface area contributed by atoms with E-state index in [4.69, 9.17) is 4.98 Å². The van der Waals surface area contributed by atoms with Crippen molar-refractivity contribution in [1.82, 2.24) is 28.8 Å². The summed E-state index contributed by atoms with van der Waals surface area (Å²) in [6, 6.07) is 14.1. The lowest BCUT2D eigenvalue weighted by atomic mass is 9.97. The fraction of sp³-hybridized carbons (Fsp3) is 0.407. The topological polar surface area (TPSA) is 81.2 Å². The molecule has 9 nitrogen and oxygen atoms in total. The van der Waals surface area contributed by atoms with Gasteiger partial charge in [0.1, 0.15) is 5.69 Å².